The van der Waals surface area contributed by atoms with Crippen LogP contribution in [0, 0.1) is 5.92 Å². The summed E-state index contributed by atoms with van der Waals surface area (Å²) in [6, 6.07) is 12.9. The molecule has 0 fully saturated rings. The van der Waals surface area contributed by atoms with E-state index in [9.17, 15) is 4.79 Å². The second kappa shape index (κ2) is 7.26. The van der Waals surface area contributed by atoms with Gasteiger partial charge in [-0.25, -0.2) is 9.67 Å². The fourth-order valence-electron chi connectivity index (χ4n) is 3.10. The number of hydrogen-bond donors (Lipinski definition) is 1. The minimum atomic E-state index is -0.303. The maximum Gasteiger partial charge on any atom is 0.275 e. The largest absolute Gasteiger partial charge is 0.497 e. The molecule has 0 spiro atoms. The van der Waals surface area contributed by atoms with Crippen molar-refractivity contribution in [3.63, 3.8) is 0 Å². The zero-order valence-electron chi connectivity index (χ0n) is 16.0. The van der Waals surface area contributed by atoms with Crippen molar-refractivity contribution in [1.82, 2.24) is 19.7 Å². The maximum atomic E-state index is 12.6. The highest BCUT2D eigenvalue weighted by Crippen LogP contribution is 2.28. The van der Waals surface area contributed by atoms with Crippen molar-refractivity contribution < 1.29 is 9.53 Å². The zero-order chi connectivity index (χ0) is 19.7. The number of nitrogens with zero attached hydrogens (tertiary/aromatic N) is 4. The molecule has 142 valence electrons. The number of carbonyl (C=O) groups excluding carboxylic acids is 1. The second-order valence-corrected chi connectivity index (χ2v) is 7.01. The monoisotopic (exact) mass is 375 g/mol. The molecule has 0 saturated heterocycles. The minimum absolute atomic E-state index is 0.303. The summed E-state index contributed by atoms with van der Waals surface area (Å²) in [4.78, 5) is 21.5. The van der Waals surface area contributed by atoms with Gasteiger partial charge in [-0.2, -0.15) is 5.10 Å². The van der Waals surface area contributed by atoms with Crippen LogP contribution >= 0.6 is 0 Å². The van der Waals surface area contributed by atoms with Crippen molar-refractivity contribution in [1.29, 1.82) is 0 Å². The fraction of sp³-hybridized carbons (Fsp3) is 0.238. The SMILES string of the molecule is COc1ccc2nc3c(cc2c1)c(NC(=O)c1ccccn1)nn3CC(C)C. The van der Waals surface area contributed by atoms with Crippen LogP contribution in [0.2, 0.25) is 0 Å². The molecule has 0 aliphatic heterocycles. The van der Waals surface area contributed by atoms with E-state index >= 15 is 0 Å². The first kappa shape index (κ1) is 17.9. The smallest absolute Gasteiger partial charge is 0.275 e. The molecule has 0 radical (unpaired) electrons. The van der Waals surface area contributed by atoms with Crippen molar-refractivity contribution in [2.75, 3.05) is 12.4 Å². The molecule has 7 nitrogen and oxygen atoms in total. The summed E-state index contributed by atoms with van der Waals surface area (Å²) in [7, 11) is 1.63. The van der Waals surface area contributed by atoms with Gasteiger partial charge in [-0.15, -0.1) is 0 Å². The van der Waals surface area contributed by atoms with E-state index in [0.717, 1.165) is 27.7 Å². The number of anilines is 1. The van der Waals surface area contributed by atoms with E-state index in [1.165, 1.54) is 0 Å². The minimum Gasteiger partial charge on any atom is -0.497 e. The average Bonchev–Trinajstić information content (AvgIpc) is 3.02. The molecule has 3 aromatic heterocycles. The van der Waals surface area contributed by atoms with Crippen LogP contribution in [0.15, 0.2) is 48.7 Å². The van der Waals surface area contributed by atoms with E-state index < -0.39 is 0 Å². The first-order chi connectivity index (χ1) is 13.5. The summed E-state index contributed by atoms with van der Waals surface area (Å²) in [5.74, 6) is 1.31. The number of fused-ring (bicyclic) bond motifs is 2. The lowest BCUT2D eigenvalue weighted by Gasteiger charge is -2.06. The van der Waals surface area contributed by atoms with Gasteiger partial charge in [0.2, 0.25) is 0 Å². The van der Waals surface area contributed by atoms with Crippen LogP contribution in [0.1, 0.15) is 24.3 Å². The van der Waals surface area contributed by atoms with Crippen LogP contribution < -0.4 is 10.1 Å². The molecule has 0 bridgehead atoms. The molecule has 1 N–H and O–H groups in total. The van der Waals surface area contributed by atoms with Gasteiger partial charge >= 0.3 is 0 Å². The molecule has 4 aromatic rings. The van der Waals surface area contributed by atoms with Crippen molar-refractivity contribution in [2.45, 2.75) is 20.4 Å². The Bertz CT molecular complexity index is 1150. The lowest BCUT2D eigenvalue weighted by atomic mass is 10.1. The lowest BCUT2D eigenvalue weighted by molar-refractivity contribution is 0.102. The number of methoxy groups -OCH3 is 1. The van der Waals surface area contributed by atoms with Gasteiger partial charge in [0.1, 0.15) is 11.4 Å². The van der Waals surface area contributed by atoms with Crippen molar-refractivity contribution in [2.24, 2.45) is 5.92 Å². The van der Waals surface area contributed by atoms with Crippen LogP contribution in [0.25, 0.3) is 21.9 Å². The van der Waals surface area contributed by atoms with E-state index in [2.05, 4.69) is 29.2 Å². The Morgan fingerprint density at radius 2 is 2.07 bits per heavy atom. The number of pyridine rings is 2. The van der Waals surface area contributed by atoms with Gasteiger partial charge in [-0.3, -0.25) is 9.78 Å². The number of amides is 1. The Morgan fingerprint density at radius 3 is 2.79 bits per heavy atom. The quantitative estimate of drug-likeness (QED) is 0.572. The summed E-state index contributed by atoms with van der Waals surface area (Å²) >= 11 is 0. The van der Waals surface area contributed by atoms with Crippen LogP contribution in [-0.2, 0) is 6.54 Å². The maximum absolute atomic E-state index is 12.6. The molecule has 1 aromatic carbocycles. The van der Waals surface area contributed by atoms with Gasteiger partial charge in [0.15, 0.2) is 11.5 Å². The van der Waals surface area contributed by atoms with E-state index in [1.54, 1.807) is 31.5 Å². The molecule has 3 heterocycles. The summed E-state index contributed by atoms with van der Waals surface area (Å²) in [6.45, 7) is 4.93. The lowest BCUT2D eigenvalue weighted by Crippen LogP contribution is -2.14. The van der Waals surface area contributed by atoms with Gasteiger partial charge in [-0.1, -0.05) is 19.9 Å². The highest BCUT2D eigenvalue weighted by atomic mass is 16.5. The van der Waals surface area contributed by atoms with E-state index in [-0.39, 0.29) is 5.91 Å². The third kappa shape index (κ3) is 3.38. The molecule has 1 amide bonds. The Hall–Kier alpha value is -3.48. The Labute approximate surface area is 162 Å². The summed E-state index contributed by atoms with van der Waals surface area (Å²) in [6.07, 6.45) is 1.59. The van der Waals surface area contributed by atoms with Gasteiger partial charge in [0.25, 0.3) is 5.91 Å². The predicted molar refractivity (Wildman–Crippen MR) is 109 cm³/mol. The molecule has 0 unspecified atom stereocenters. The average molecular weight is 375 g/mol. The van der Waals surface area contributed by atoms with Crippen LogP contribution in [0.4, 0.5) is 5.82 Å². The Kier molecular flexibility index (Phi) is 4.65. The molecule has 28 heavy (non-hydrogen) atoms. The third-order valence-corrected chi connectivity index (χ3v) is 4.39. The molecular weight excluding hydrogens is 354 g/mol. The number of aromatic nitrogens is 4. The second-order valence-electron chi connectivity index (χ2n) is 7.01. The first-order valence-corrected chi connectivity index (χ1v) is 9.13. The fourth-order valence-corrected chi connectivity index (χ4v) is 3.10. The number of rotatable bonds is 5. The first-order valence-electron chi connectivity index (χ1n) is 9.13. The standard InChI is InChI=1S/C21H21N5O2/c1-13(2)12-26-20-16(11-14-10-15(28-3)7-8-17(14)23-20)19(25-26)24-21(27)18-6-4-5-9-22-18/h4-11,13H,12H2,1-3H3,(H,24,25,27). The summed E-state index contributed by atoms with van der Waals surface area (Å²) in [5, 5.41) is 9.21. The molecule has 7 heteroatoms. The van der Waals surface area contributed by atoms with E-state index in [1.807, 2.05) is 28.9 Å². The van der Waals surface area contributed by atoms with Gasteiger partial charge < -0.3 is 10.1 Å². The van der Waals surface area contributed by atoms with Crippen molar-refractivity contribution >= 4 is 33.7 Å². The number of carbonyl (C=O) groups is 1. The number of ether oxygens (including phenoxy) is 1. The summed E-state index contributed by atoms with van der Waals surface area (Å²) in [5.41, 5.74) is 1.92. The topological polar surface area (TPSA) is 81.9 Å². The van der Waals surface area contributed by atoms with Crippen LogP contribution in [0.3, 0.4) is 0 Å². The summed E-state index contributed by atoms with van der Waals surface area (Å²) < 4.78 is 7.16. The Balaban J connectivity index is 1.84. The van der Waals surface area contributed by atoms with Gasteiger partial charge in [-0.05, 0) is 42.3 Å². The highest BCUT2D eigenvalue weighted by molar-refractivity contribution is 6.08. The van der Waals surface area contributed by atoms with Gasteiger partial charge in [0.05, 0.1) is 18.0 Å². The number of benzene rings is 1. The zero-order valence-corrected chi connectivity index (χ0v) is 16.0. The Morgan fingerprint density at radius 1 is 1.21 bits per heavy atom. The van der Waals surface area contributed by atoms with Crippen molar-refractivity contribution in [3.05, 3.63) is 54.4 Å². The molecular formula is C21H21N5O2. The third-order valence-electron chi connectivity index (χ3n) is 4.39. The number of nitrogens with one attached hydrogen (secondary N) is 1. The van der Waals surface area contributed by atoms with E-state index in [0.29, 0.717) is 24.0 Å². The predicted octanol–water partition coefficient (Wildman–Crippen LogP) is 3.90. The molecule has 0 saturated carbocycles. The number of hydrogen-bond acceptors (Lipinski definition) is 5. The molecule has 0 atom stereocenters. The van der Waals surface area contributed by atoms with Crippen molar-refractivity contribution in [3.8, 4) is 5.75 Å². The van der Waals surface area contributed by atoms with Crippen LogP contribution in [0.5, 0.6) is 5.75 Å². The normalized spacial score (nSPS) is 11.3. The van der Waals surface area contributed by atoms with Gasteiger partial charge in [0, 0.05) is 18.1 Å². The van der Waals surface area contributed by atoms with Crippen LogP contribution in [-0.4, -0.2) is 32.8 Å². The van der Waals surface area contributed by atoms with E-state index in [4.69, 9.17) is 9.72 Å². The molecule has 0 aliphatic carbocycles. The highest BCUT2D eigenvalue weighted by Gasteiger charge is 2.17. The molecule has 4 rings (SSSR count). The molecule has 0 aliphatic rings.